The highest BCUT2D eigenvalue weighted by Gasteiger charge is 2.18. The molecule has 4 rings (SSSR count). The predicted molar refractivity (Wildman–Crippen MR) is 157 cm³/mol. The molecule has 204 valence electrons. The number of carbonyl (C=O) groups is 1. The average Bonchev–Trinajstić information content (AvgIpc) is 2.93. The molecule has 1 amide bonds. The first-order valence-corrected chi connectivity index (χ1v) is 12.9. The number of nitrogens with one attached hydrogen (secondary N) is 1. The van der Waals surface area contributed by atoms with Crippen molar-refractivity contribution < 1.29 is 14.3 Å². The summed E-state index contributed by atoms with van der Waals surface area (Å²) in [5, 5.41) is 14.1. The van der Waals surface area contributed by atoms with Gasteiger partial charge in [-0.1, -0.05) is 23.7 Å². The Labute approximate surface area is 237 Å². The summed E-state index contributed by atoms with van der Waals surface area (Å²) in [6.45, 7) is 3.03. The number of nitrogens with zero attached hydrogens (tertiary/aromatic N) is 4. The van der Waals surface area contributed by atoms with Crippen LogP contribution in [0.2, 0.25) is 5.02 Å². The number of halogens is 1. The van der Waals surface area contributed by atoms with E-state index in [0.717, 1.165) is 5.69 Å². The zero-order valence-corrected chi connectivity index (χ0v) is 23.2. The average molecular weight is 557 g/mol. The minimum Gasteiger partial charge on any atom is -0.493 e. The van der Waals surface area contributed by atoms with Crippen molar-refractivity contribution in [3.05, 3.63) is 88.7 Å². The molecule has 0 atom stereocenters. The number of ether oxygens (including phenoxy) is 2. The van der Waals surface area contributed by atoms with Gasteiger partial charge in [0.05, 0.1) is 28.4 Å². The number of hydrogen-bond acceptors (Lipinski definition) is 8. The largest absolute Gasteiger partial charge is 0.493 e. The van der Waals surface area contributed by atoms with Crippen LogP contribution in [-0.4, -0.2) is 48.0 Å². The van der Waals surface area contributed by atoms with Crippen LogP contribution in [0.5, 0.6) is 11.5 Å². The number of aromatic nitrogens is 2. The normalized spacial score (nSPS) is 11.3. The van der Waals surface area contributed by atoms with Crippen molar-refractivity contribution in [3.8, 4) is 17.6 Å². The molecule has 2 aromatic heterocycles. The number of rotatable bonds is 11. The monoisotopic (exact) mass is 556 g/mol. The summed E-state index contributed by atoms with van der Waals surface area (Å²) < 4.78 is 11.7. The molecule has 0 unspecified atom stereocenters. The minimum atomic E-state index is -0.571. The number of likely N-dealkylation sites (N-methyl/N-ethyl adjacent to an activating group) is 1. The van der Waals surface area contributed by atoms with Crippen LogP contribution in [0.15, 0.2) is 66.9 Å². The zero-order chi connectivity index (χ0) is 28.6. The Morgan fingerprint density at radius 2 is 1.98 bits per heavy atom. The van der Waals surface area contributed by atoms with Crippen LogP contribution >= 0.6 is 11.6 Å². The minimum absolute atomic E-state index is 0.282. The highest BCUT2D eigenvalue weighted by atomic mass is 35.5. The number of carbonyl (C=O) groups excluding carboxylic acids is 1. The van der Waals surface area contributed by atoms with E-state index in [1.54, 1.807) is 48.7 Å². The van der Waals surface area contributed by atoms with Gasteiger partial charge in [0.2, 0.25) is 5.91 Å². The molecule has 2 aromatic carbocycles. The highest BCUT2D eigenvalue weighted by molar-refractivity contribution is 6.32. The molecule has 0 fully saturated rings. The molecule has 0 bridgehead atoms. The van der Waals surface area contributed by atoms with Crippen molar-refractivity contribution in [1.82, 2.24) is 14.9 Å². The Balaban J connectivity index is 1.66. The Bertz CT molecular complexity index is 1600. The van der Waals surface area contributed by atoms with Crippen LogP contribution in [0.25, 0.3) is 16.5 Å². The van der Waals surface area contributed by atoms with E-state index < -0.39 is 5.91 Å². The third-order valence-corrected chi connectivity index (χ3v) is 6.14. The van der Waals surface area contributed by atoms with Crippen LogP contribution in [0, 0.1) is 11.3 Å². The summed E-state index contributed by atoms with van der Waals surface area (Å²) in [5.74, 6) is 0.755. The Hall–Kier alpha value is -4.65. The van der Waals surface area contributed by atoms with Gasteiger partial charge in [0.25, 0.3) is 0 Å². The van der Waals surface area contributed by atoms with Gasteiger partial charge >= 0.3 is 0 Å². The molecule has 3 N–H and O–H groups in total. The van der Waals surface area contributed by atoms with Crippen molar-refractivity contribution in [3.63, 3.8) is 0 Å². The summed E-state index contributed by atoms with van der Waals surface area (Å²) in [4.78, 5) is 23.2. The quantitative estimate of drug-likeness (QED) is 0.238. The first kappa shape index (κ1) is 28.4. The van der Waals surface area contributed by atoms with Gasteiger partial charge in [-0.15, -0.1) is 0 Å². The third-order valence-electron chi connectivity index (χ3n) is 5.85. The number of fused-ring (bicyclic) bond motifs is 1. The standard InChI is InChI=1S/C30H29ClN6O3/c1-4-39-28-16-26-19(14-24(28)23(29(33)38)10-12-37(2)3)13-20(17-32)30(36-26)35-21-8-9-27(25(31)15-21)40-18-22-7-5-6-11-34-22/h5-11,13-16H,4,12,18H2,1-3H3,(H2,33,38)(H,35,36). The zero-order valence-electron chi connectivity index (χ0n) is 22.4. The summed E-state index contributed by atoms with van der Waals surface area (Å²) >= 11 is 6.47. The molecule has 0 saturated heterocycles. The number of amides is 1. The fourth-order valence-electron chi connectivity index (χ4n) is 3.95. The number of hydrogen-bond donors (Lipinski definition) is 2. The molecule has 0 aliphatic carbocycles. The third kappa shape index (κ3) is 6.86. The topological polar surface area (TPSA) is 126 Å². The van der Waals surface area contributed by atoms with Gasteiger partial charge in [0.1, 0.15) is 30.0 Å². The SMILES string of the molecule is CCOc1cc2nc(Nc3ccc(OCc4ccccn4)c(Cl)c3)c(C#N)cc2cc1C(=CCN(C)C)C(N)=O. The lowest BCUT2D eigenvalue weighted by Crippen LogP contribution is -2.17. The van der Waals surface area contributed by atoms with Crippen molar-refractivity contribution >= 4 is 45.5 Å². The van der Waals surface area contributed by atoms with E-state index in [4.69, 9.17) is 31.8 Å². The van der Waals surface area contributed by atoms with Crippen LogP contribution in [0.3, 0.4) is 0 Å². The van der Waals surface area contributed by atoms with Crippen molar-refractivity contribution in [2.75, 3.05) is 32.6 Å². The van der Waals surface area contributed by atoms with Gasteiger partial charge < -0.3 is 25.4 Å². The van der Waals surface area contributed by atoms with Gasteiger partial charge in [0.15, 0.2) is 0 Å². The Morgan fingerprint density at radius 1 is 1.15 bits per heavy atom. The molecular formula is C30H29ClN6O3. The summed E-state index contributed by atoms with van der Waals surface area (Å²) in [7, 11) is 3.79. The number of pyridine rings is 2. The van der Waals surface area contributed by atoms with Crippen LogP contribution in [0.1, 0.15) is 23.7 Å². The number of anilines is 2. The second-order valence-electron chi connectivity index (χ2n) is 9.09. The van der Waals surface area contributed by atoms with Crippen LogP contribution in [-0.2, 0) is 11.4 Å². The number of nitrogens with two attached hydrogens (primary N) is 1. The molecule has 2 heterocycles. The molecule has 0 spiro atoms. The molecule has 0 aliphatic heterocycles. The van der Waals surface area contributed by atoms with Crippen LogP contribution < -0.4 is 20.5 Å². The van der Waals surface area contributed by atoms with E-state index in [9.17, 15) is 10.1 Å². The second-order valence-corrected chi connectivity index (χ2v) is 9.50. The number of primary amides is 1. The molecule has 0 saturated carbocycles. The fourth-order valence-corrected chi connectivity index (χ4v) is 4.19. The lowest BCUT2D eigenvalue weighted by atomic mass is 10.00. The molecule has 4 aromatic rings. The fraction of sp³-hybridized carbons (Fsp3) is 0.200. The van der Waals surface area contributed by atoms with Gasteiger partial charge in [-0.3, -0.25) is 9.78 Å². The van der Waals surface area contributed by atoms with E-state index in [1.807, 2.05) is 44.1 Å². The Kier molecular flexibility index (Phi) is 9.17. The van der Waals surface area contributed by atoms with Crippen molar-refractivity contribution in [1.29, 1.82) is 5.26 Å². The predicted octanol–water partition coefficient (Wildman–Crippen LogP) is 5.31. The molecular weight excluding hydrogens is 528 g/mol. The van der Waals surface area contributed by atoms with E-state index in [2.05, 4.69) is 16.4 Å². The van der Waals surface area contributed by atoms with E-state index in [-0.39, 0.29) is 6.61 Å². The van der Waals surface area contributed by atoms with E-state index in [0.29, 0.717) is 68.8 Å². The maximum absolute atomic E-state index is 12.3. The first-order valence-electron chi connectivity index (χ1n) is 12.5. The first-order chi connectivity index (χ1) is 19.3. The molecule has 0 aliphatic rings. The number of benzene rings is 2. The van der Waals surface area contributed by atoms with Crippen molar-refractivity contribution in [2.45, 2.75) is 13.5 Å². The maximum Gasteiger partial charge on any atom is 0.249 e. The second kappa shape index (κ2) is 12.9. The van der Waals surface area contributed by atoms with Gasteiger partial charge in [0, 0.05) is 41.0 Å². The molecule has 40 heavy (non-hydrogen) atoms. The van der Waals surface area contributed by atoms with Crippen molar-refractivity contribution in [2.24, 2.45) is 5.73 Å². The highest BCUT2D eigenvalue weighted by Crippen LogP contribution is 2.34. The molecule has 9 nitrogen and oxygen atoms in total. The lowest BCUT2D eigenvalue weighted by molar-refractivity contribution is -0.112. The summed E-state index contributed by atoms with van der Waals surface area (Å²) in [6.07, 6.45) is 3.46. The summed E-state index contributed by atoms with van der Waals surface area (Å²) in [6, 6.07) is 18.2. The number of nitriles is 1. The Morgan fingerprint density at radius 3 is 2.62 bits per heavy atom. The van der Waals surface area contributed by atoms with Gasteiger partial charge in [-0.25, -0.2) is 4.98 Å². The molecule has 10 heteroatoms. The van der Waals surface area contributed by atoms with Crippen LogP contribution in [0.4, 0.5) is 11.5 Å². The summed E-state index contributed by atoms with van der Waals surface area (Å²) in [5.41, 5.74) is 8.90. The van der Waals surface area contributed by atoms with E-state index >= 15 is 0 Å². The molecule has 0 radical (unpaired) electrons. The maximum atomic E-state index is 12.3. The lowest BCUT2D eigenvalue weighted by Gasteiger charge is -2.16. The smallest absolute Gasteiger partial charge is 0.249 e. The van der Waals surface area contributed by atoms with Gasteiger partial charge in [-0.2, -0.15) is 5.26 Å². The van der Waals surface area contributed by atoms with E-state index in [1.165, 1.54) is 0 Å². The van der Waals surface area contributed by atoms with Gasteiger partial charge in [-0.05, 0) is 63.5 Å².